The van der Waals surface area contributed by atoms with Gasteiger partial charge < -0.3 is 0 Å². The summed E-state index contributed by atoms with van der Waals surface area (Å²) in [6.45, 7) is 4.57. The van der Waals surface area contributed by atoms with E-state index in [9.17, 15) is 0 Å². The molecule has 0 fully saturated rings. The normalized spacial score (nSPS) is 11.7. The van der Waals surface area contributed by atoms with Crippen molar-refractivity contribution in [3.8, 4) is 0 Å². The minimum absolute atomic E-state index is 0.278. The second-order valence-corrected chi connectivity index (χ2v) is 5.61. The Balaban J connectivity index is 2.87. The van der Waals surface area contributed by atoms with E-state index in [1.165, 1.54) is 5.56 Å². The smallest absolute Gasteiger partial charge is 0.0175 e. The maximum atomic E-state index is 3.45. The molecule has 0 aliphatic heterocycles. The van der Waals surface area contributed by atoms with Crippen LogP contribution >= 0.6 is 27.7 Å². The van der Waals surface area contributed by atoms with Crippen LogP contribution < -0.4 is 0 Å². The summed E-state index contributed by atoms with van der Waals surface area (Å²) in [5.74, 6) is 1.16. The molecule has 0 bridgehead atoms. The molecule has 0 atom stereocenters. The highest BCUT2D eigenvalue weighted by molar-refractivity contribution is 9.10. The Morgan fingerprint density at radius 2 is 1.77 bits per heavy atom. The number of rotatable bonds is 3. The first-order valence-electron chi connectivity index (χ1n) is 4.31. The van der Waals surface area contributed by atoms with Crippen molar-refractivity contribution in [3.05, 3.63) is 34.3 Å². The zero-order valence-electron chi connectivity index (χ0n) is 8.30. The summed E-state index contributed by atoms with van der Waals surface area (Å²) in [6.07, 6.45) is 2.15. The molecule has 0 aliphatic carbocycles. The molecule has 1 aromatic carbocycles. The molecule has 0 aromatic heterocycles. The van der Waals surface area contributed by atoms with E-state index in [-0.39, 0.29) is 5.41 Å². The molecule has 0 aliphatic rings. The molecule has 72 valence electrons. The lowest BCUT2D eigenvalue weighted by Crippen LogP contribution is -2.19. The Kier molecular flexibility index (Phi) is 3.87. The molecule has 0 spiro atoms. The fraction of sp³-hybridized carbons (Fsp3) is 0.455. The van der Waals surface area contributed by atoms with Crippen LogP contribution in [0.5, 0.6) is 0 Å². The Morgan fingerprint density at radius 1 is 1.23 bits per heavy atom. The van der Waals surface area contributed by atoms with Crippen LogP contribution in [0.25, 0.3) is 0 Å². The summed E-state index contributed by atoms with van der Waals surface area (Å²) in [5.41, 5.74) is 1.69. The van der Waals surface area contributed by atoms with Crippen molar-refractivity contribution >= 4 is 27.7 Å². The quantitative estimate of drug-likeness (QED) is 0.787. The summed E-state index contributed by atoms with van der Waals surface area (Å²) in [6, 6.07) is 8.61. The second kappa shape index (κ2) is 4.52. The number of thioether (sulfide) groups is 1. The second-order valence-electron chi connectivity index (χ2n) is 3.82. The van der Waals surface area contributed by atoms with Crippen LogP contribution in [0, 0.1) is 0 Å². The molecule has 0 N–H and O–H groups in total. The standard InChI is InChI=1S/C11H15BrS/c1-11(2,8-13-3)9-4-6-10(12)7-5-9/h4-7H,8H2,1-3H3. The minimum Gasteiger partial charge on any atom is -0.165 e. The average Bonchev–Trinajstić information content (AvgIpc) is 2.05. The summed E-state index contributed by atoms with van der Waals surface area (Å²) in [4.78, 5) is 0. The molecule has 0 heterocycles. The van der Waals surface area contributed by atoms with Crippen LogP contribution in [0.1, 0.15) is 19.4 Å². The first kappa shape index (κ1) is 11.1. The van der Waals surface area contributed by atoms with Gasteiger partial charge in [-0.2, -0.15) is 11.8 Å². The van der Waals surface area contributed by atoms with E-state index in [2.05, 4.69) is 60.3 Å². The molecule has 0 amide bonds. The number of hydrogen-bond acceptors (Lipinski definition) is 1. The van der Waals surface area contributed by atoms with Crippen LogP contribution in [0.3, 0.4) is 0 Å². The van der Waals surface area contributed by atoms with Gasteiger partial charge in [-0.1, -0.05) is 41.9 Å². The van der Waals surface area contributed by atoms with Crippen LogP contribution in [-0.2, 0) is 5.41 Å². The predicted molar refractivity (Wildman–Crippen MR) is 65.6 cm³/mol. The van der Waals surface area contributed by atoms with E-state index in [1.54, 1.807) is 0 Å². The highest BCUT2D eigenvalue weighted by Gasteiger charge is 2.19. The van der Waals surface area contributed by atoms with Crippen LogP contribution in [0.2, 0.25) is 0 Å². The Labute approximate surface area is 93.2 Å². The van der Waals surface area contributed by atoms with E-state index in [0.717, 1.165) is 10.2 Å². The van der Waals surface area contributed by atoms with Gasteiger partial charge >= 0.3 is 0 Å². The van der Waals surface area contributed by atoms with Gasteiger partial charge in [0, 0.05) is 10.2 Å². The van der Waals surface area contributed by atoms with Gasteiger partial charge in [0.25, 0.3) is 0 Å². The van der Waals surface area contributed by atoms with Gasteiger partial charge in [0.15, 0.2) is 0 Å². The number of hydrogen-bond donors (Lipinski definition) is 0. The topological polar surface area (TPSA) is 0 Å². The van der Waals surface area contributed by atoms with E-state index < -0.39 is 0 Å². The van der Waals surface area contributed by atoms with E-state index in [0.29, 0.717) is 0 Å². The van der Waals surface area contributed by atoms with Crippen LogP contribution in [0.15, 0.2) is 28.7 Å². The van der Waals surface area contributed by atoms with Crippen molar-refractivity contribution in [1.29, 1.82) is 0 Å². The maximum Gasteiger partial charge on any atom is 0.0175 e. The predicted octanol–water partition coefficient (Wildman–Crippen LogP) is 4.09. The molecule has 2 heteroatoms. The molecular formula is C11H15BrS. The van der Waals surface area contributed by atoms with Gasteiger partial charge in [-0.25, -0.2) is 0 Å². The lowest BCUT2D eigenvalue weighted by molar-refractivity contribution is 0.602. The van der Waals surface area contributed by atoms with Crippen molar-refractivity contribution < 1.29 is 0 Å². The van der Waals surface area contributed by atoms with Gasteiger partial charge in [-0.05, 0) is 29.4 Å². The Bertz CT molecular complexity index is 264. The SMILES string of the molecule is CSCC(C)(C)c1ccc(Br)cc1. The van der Waals surface area contributed by atoms with Crippen LogP contribution in [0.4, 0.5) is 0 Å². The molecule has 1 rings (SSSR count). The molecule has 0 radical (unpaired) electrons. The summed E-state index contributed by atoms with van der Waals surface area (Å²) < 4.78 is 1.15. The monoisotopic (exact) mass is 258 g/mol. The number of halogens is 1. The highest BCUT2D eigenvalue weighted by Crippen LogP contribution is 2.27. The van der Waals surface area contributed by atoms with E-state index in [4.69, 9.17) is 0 Å². The van der Waals surface area contributed by atoms with Crippen molar-refractivity contribution in [3.63, 3.8) is 0 Å². The van der Waals surface area contributed by atoms with Crippen molar-refractivity contribution in [2.45, 2.75) is 19.3 Å². The highest BCUT2D eigenvalue weighted by atomic mass is 79.9. The van der Waals surface area contributed by atoms with E-state index >= 15 is 0 Å². The molecule has 1 aromatic rings. The summed E-state index contributed by atoms with van der Waals surface area (Å²) in [7, 11) is 0. The first-order valence-corrected chi connectivity index (χ1v) is 6.50. The van der Waals surface area contributed by atoms with Crippen LogP contribution in [-0.4, -0.2) is 12.0 Å². The molecular weight excluding hydrogens is 244 g/mol. The molecule has 0 saturated heterocycles. The fourth-order valence-electron chi connectivity index (χ4n) is 1.35. The van der Waals surface area contributed by atoms with Crippen molar-refractivity contribution in [1.82, 2.24) is 0 Å². The van der Waals surface area contributed by atoms with Gasteiger partial charge in [0.2, 0.25) is 0 Å². The zero-order valence-corrected chi connectivity index (χ0v) is 10.7. The molecule has 0 nitrogen and oxygen atoms in total. The third-order valence-corrected chi connectivity index (χ3v) is 3.67. The van der Waals surface area contributed by atoms with Crippen molar-refractivity contribution in [2.75, 3.05) is 12.0 Å². The first-order chi connectivity index (χ1) is 6.06. The largest absolute Gasteiger partial charge is 0.165 e. The third-order valence-electron chi connectivity index (χ3n) is 2.13. The fourth-order valence-corrected chi connectivity index (χ4v) is 2.50. The Hall–Kier alpha value is 0.0500. The lowest BCUT2D eigenvalue weighted by Gasteiger charge is -2.24. The molecule has 0 unspecified atom stereocenters. The lowest BCUT2D eigenvalue weighted by atomic mass is 9.87. The summed E-state index contributed by atoms with van der Waals surface area (Å²) in [5, 5.41) is 0. The zero-order chi connectivity index (χ0) is 9.90. The van der Waals surface area contributed by atoms with E-state index in [1.807, 2.05) is 11.8 Å². The molecule has 0 saturated carbocycles. The number of benzene rings is 1. The van der Waals surface area contributed by atoms with Gasteiger partial charge in [0.1, 0.15) is 0 Å². The average molecular weight is 259 g/mol. The minimum atomic E-state index is 0.278. The van der Waals surface area contributed by atoms with Gasteiger partial charge in [-0.15, -0.1) is 0 Å². The maximum absolute atomic E-state index is 3.45. The molecule has 13 heavy (non-hydrogen) atoms. The third kappa shape index (κ3) is 3.03. The van der Waals surface area contributed by atoms with Gasteiger partial charge in [0.05, 0.1) is 0 Å². The Morgan fingerprint density at radius 3 is 2.23 bits per heavy atom. The van der Waals surface area contributed by atoms with Gasteiger partial charge in [-0.3, -0.25) is 0 Å². The van der Waals surface area contributed by atoms with Crippen molar-refractivity contribution in [2.24, 2.45) is 0 Å². The summed E-state index contributed by atoms with van der Waals surface area (Å²) >= 11 is 5.34.